The summed E-state index contributed by atoms with van der Waals surface area (Å²) >= 11 is 3.58. The highest BCUT2D eigenvalue weighted by atomic mass is 79.9. The highest BCUT2D eigenvalue weighted by Gasteiger charge is 2.25. The second-order valence-corrected chi connectivity index (χ2v) is 9.45. The fourth-order valence-electron chi connectivity index (χ4n) is 3.50. The van der Waals surface area contributed by atoms with E-state index in [1.807, 2.05) is 56.3 Å². The van der Waals surface area contributed by atoms with E-state index in [0.29, 0.717) is 46.6 Å². The van der Waals surface area contributed by atoms with Gasteiger partial charge in [-0.1, -0.05) is 37.3 Å². The fraction of sp³-hybridized carbons (Fsp3) is 0.241. The van der Waals surface area contributed by atoms with E-state index in [4.69, 9.17) is 4.74 Å². The van der Waals surface area contributed by atoms with Crippen LogP contribution in [0.2, 0.25) is 0 Å². The van der Waals surface area contributed by atoms with Crippen LogP contribution in [0.1, 0.15) is 29.3 Å². The van der Waals surface area contributed by atoms with E-state index >= 15 is 0 Å². The van der Waals surface area contributed by atoms with Gasteiger partial charge >= 0.3 is 0 Å². The zero-order chi connectivity index (χ0) is 26.8. The van der Waals surface area contributed by atoms with Crippen LogP contribution in [-0.2, 0) is 4.79 Å². The molecule has 0 aliphatic carbocycles. The van der Waals surface area contributed by atoms with E-state index in [9.17, 15) is 14.7 Å². The number of aromatic hydroxyl groups is 1. The van der Waals surface area contributed by atoms with Gasteiger partial charge in [-0.2, -0.15) is 0 Å². The number of anilines is 1. The van der Waals surface area contributed by atoms with Crippen molar-refractivity contribution in [2.75, 3.05) is 38.7 Å². The van der Waals surface area contributed by atoms with Gasteiger partial charge in [0, 0.05) is 24.3 Å². The molecule has 8 heteroatoms. The van der Waals surface area contributed by atoms with E-state index in [2.05, 4.69) is 21.2 Å². The Kier molecular flexibility index (Phi) is 10.3. The molecule has 0 saturated carbocycles. The first-order valence-electron chi connectivity index (χ1n) is 12.0. The van der Waals surface area contributed by atoms with Gasteiger partial charge in [-0.05, 0) is 90.5 Å². The molecule has 0 heterocycles. The number of hydrogen-bond donors (Lipinski definition) is 2. The van der Waals surface area contributed by atoms with Gasteiger partial charge in [0.15, 0.2) is 0 Å². The van der Waals surface area contributed by atoms with Crippen molar-refractivity contribution in [1.29, 1.82) is 0 Å². The molecule has 0 atom stereocenters. The lowest BCUT2D eigenvalue weighted by Crippen LogP contribution is -2.39. The molecule has 0 fully saturated rings. The topological polar surface area (TPSA) is 82.1 Å². The number of likely N-dealkylation sites (N-methyl/N-ethyl adjacent to an activating group) is 1. The number of benzene rings is 3. The van der Waals surface area contributed by atoms with Gasteiger partial charge in [-0.25, -0.2) is 0 Å². The first-order chi connectivity index (χ1) is 17.8. The Labute approximate surface area is 226 Å². The second kappa shape index (κ2) is 13.6. The van der Waals surface area contributed by atoms with Crippen LogP contribution in [0.15, 0.2) is 84.6 Å². The molecule has 37 heavy (non-hydrogen) atoms. The average molecular weight is 566 g/mol. The minimum absolute atomic E-state index is 0.106. The van der Waals surface area contributed by atoms with Crippen LogP contribution >= 0.6 is 15.9 Å². The molecule has 3 rings (SSSR count). The third kappa shape index (κ3) is 7.93. The zero-order valence-corrected chi connectivity index (χ0v) is 22.9. The lowest BCUT2D eigenvalue weighted by molar-refractivity contribution is -0.115. The SMILES string of the molecule is CCCN(C(=O)/C(NC(=O)c1ccccc1)=C(\Br)c1ccc(OCCN(C)C)cc1)c1ccc(O)cc1. The predicted octanol–water partition coefficient (Wildman–Crippen LogP) is 5.27. The fourth-order valence-corrected chi connectivity index (χ4v) is 4.04. The van der Waals surface area contributed by atoms with Crippen molar-refractivity contribution in [3.8, 4) is 11.5 Å². The number of ether oxygens (including phenoxy) is 1. The summed E-state index contributed by atoms with van der Waals surface area (Å²) in [6.07, 6.45) is 0.698. The number of phenolic OH excluding ortho intramolecular Hbond substituents is 1. The van der Waals surface area contributed by atoms with Crippen LogP contribution in [-0.4, -0.2) is 55.6 Å². The van der Waals surface area contributed by atoms with E-state index in [1.165, 1.54) is 12.1 Å². The molecule has 7 nitrogen and oxygen atoms in total. The van der Waals surface area contributed by atoms with Gasteiger partial charge in [0.2, 0.25) is 0 Å². The second-order valence-electron chi connectivity index (χ2n) is 8.66. The first-order valence-corrected chi connectivity index (χ1v) is 12.8. The van der Waals surface area contributed by atoms with E-state index < -0.39 is 5.91 Å². The lowest BCUT2D eigenvalue weighted by Gasteiger charge is -2.25. The zero-order valence-electron chi connectivity index (χ0n) is 21.3. The Hall–Kier alpha value is -3.62. The Morgan fingerprint density at radius 3 is 2.14 bits per heavy atom. The van der Waals surface area contributed by atoms with E-state index in [0.717, 1.165) is 6.54 Å². The van der Waals surface area contributed by atoms with Crippen molar-refractivity contribution in [3.63, 3.8) is 0 Å². The van der Waals surface area contributed by atoms with Crippen molar-refractivity contribution >= 4 is 37.9 Å². The molecule has 3 aromatic carbocycles. The molecule has 0 unspecified atom stereocenters. The van der Waals surface area contributed by atoms with Crippen molar-refractivity contribution in [2.24, 2.45) is 0 Å². The Bertz CT molecular complexity index is 1210. The monoisotopic (exact) mass is 565 g/mol. The Morgan fingerprint density at radius 2 is 1.54 bits per heavy atom. The van der Waals surface area contributed by atoms with Gasteiger partial charge in [0.25, 0.3) is 11.8 Å². The molecule has 0 spiro atoms. The van der Waals surface area contributed by atoms with Crippen LogP contribution < -0.4 is 15.0 Å². The lowest BCUT2D eigenvalue weighted by atomic mass is 10.1. The van der Waals surface area contributed by atoms with Gasteiger partial charge in [-0.3, -0.25) is 9.59 Å². The Morgan fingerprint density at radius 1 is 0.892 bits per heavy atom. The molecule has 3 aromatic rings. The molecule has 0 bridgehead atoms. The molecule has 2 N–H and O–H groups in total. The number of nitrogens with one attached hydrogen (secondary N) is 1. The summed E-state index contributed by atoms with van der Waals surface area (Å²) in [6, 6.07) is 22.5. The quantitative estimate of drug-likeness (QED) is 0.309. The smallest absolute Gasteiger partial charge is 0.275 e. The number of halogens is 1. The summed E-state index contributed by atoms with van der Waals surface area (Å²) in [4.78, 5) is 30.6. The Balaban J connectivity index is 1.97. The highest BCUT2D eigenvalue weighted by Crippen LogP contribution is 2.29. The van der Waals surface area contributed by atoms with Crippen LogP contribution in [0.4, 0.5) is 5.69 Å². The average Bonchev–Trinajstić information content (AvgIpc) is 2.91. The molecule has 0 radical (unpaired) electrons. The molecular weight excluding hydrogens is 534 g/mol. The number of amides is 2. The summed E-state index contributed by atoms with van der Waals surface area (Å²) in [7, 11) is 3.97. The number of carbonyl (C=O) groups is 2. The van der Waals surface area contributed by atoms with Crippen LogP contribution in [0.5, 0.6) is 11.5 Å². The molecule has 0 aliphatic heterocycles. The van der Waals surface area contributed by atoms with Gasteiger partial charge in [0.1, 0.15) is 23.8 Å². The number of phenols is 1. The largest absolute Gasteiger partial charge is 0.508 e. The van der Waals surface area contributed by atoms with Crippen molar-refractivity contribution < 1.29 is 19.4 Å². The van der Waals surface area contributed by atoms with E-state index in [-0.39, 0.29) is 17.4 Å². The summed E-state index contributed by atoms with van der Waals surface area (Å²) in [5.74, 6) is 0.0420. The standard InChI is InChI=1S/C29H32BrN3O4/c1-4-18-33(23-12-14-24(34)15-13-23)29(36)27(31-28(35)22-8-6-5-7-9-22)26(30)21-10-16-25(17-11-21)37-20-19-32(2)3/h5-17,34H,4,18-20H2,1-3H3,(H,31,35)/b27-26+. The van der Waals surface area contributed by atoms with Crippen LogP contribution in [0.3, 0.4) is 0 Å². The third-order valence-electron chi connectivity index (χ3n) is 5.48. The van der Waals surface area contributed by atoms with Gasteiger partial charge < -0.3 is 25.0 Å². The number of hydrogen-bond acceptors (Lipinski definition) is 5. The van der Waals surface area contributed by atoms with Crippen molar-refractivity contribution in [3.05, 3.63) is 95.7 Å². The summed E-state index contributed by atoms with van der Waals surface area (Å²) in [5, 5.41) is 12.5. The maximum atomic E-state index is 13.9. The minimum Gasteiger partial charge on any atom is -0.508 e. The molecule has 194 valence electrons. The molecule has 0 aromatic heterocycles. The van der Waals surface area contributed by atoms with E-state index in [1.54, 1.807) is 41.3 Å². The number of nitrogens with zero attached hydrogens (tertiary/aromatic N) is 2. The maximum Gasteiger partial charge on any atom is 0.275 e. The third-order valence-corrected chi connectivity index (χ3v) is 6.33. The van der Waals surface area contributed by atoms with Gasteiger partial charge in [0.05, 0.1) is 4.48 Å². The normalized spacial score (nSPS) is 11.6. The first kappa shape index (κ1) is 28.0. The van der Waals surface area contributed by atoms with Crippen molar-refractivity contribution in [2.45, 2.75) is 13.3 Å². The number of carbonyl (C=O) groups excluding carboxylic acids is 2. The maximum absolute atomic E-state index is 13.9. The van der Waals surface area contributed by atoms with Gasteiger partial charge in [-0.15, -0.1) is 0 Å². The highest BCUT2D eigenvalue weighted by molar-refractivity contribution is 9.15. The molecule has 0 saturated heterocycles. The van der Waals surface area contributed by atoms with Crippen LogP contribution in [0.25, 0.3) is 4.48 Å². The van der Waals surface area contributed by atoms with Crippen LogP contribution in [0, 0.1) is 0 Å². The minimum atomic E-state index is -0.397. The summed E-state index contributed by atoms with van der Waals surface area (Å²) in [6.45, 7) is 3.74. The summed E-state index contributed by atoms with van der Waals surface area (Å²) in [5.41, 5.74) is 1.86. The number of rotatable bonds is 11. The summed E-state index contributed by atoms with van der Waals surface area (Å²) < 4.78 is 6.23. The van der Waals surface area contributed by atoms with Crippen molar-refractivity contribution in [1.82, 2.24) is 10.2 Å². The predicted molar refractivity (Wildman–Crippen MR) is 151 cm³/mol. The molecular formula is C29H32BrN3O4. The molecule has 0 aliphatic rings. The molecule has 2 amide bonds.